The Kier molecular flexibility index (Phi) is 4.96. The lowest BCUT2D eigenvalue weighted by Crippen LogP contribution is -2.35. The van der Waals surface area contributed by atoms with Crippen molar-refractivity contribution in [2.24, 2.45) is 0 Å². The zero-order valence-corrected chi connectivity index (χ0v) is 14.1. The van der Waals surface area contributed by atoms with Crippen LogP contribution < -0.4 is 5.32 Å². The number of rotatable bonds is 4. The Morgan fingerprint density at radius 1 is 1.14 bits per heavy atom. The molecule has 2 aromatic heterocycles. The van der Waals surface area contributed by atoms with Crippen molar-refractivity contribution in [2.45, 2.75) is 56.9 Å². The minimum atomic E-state index is 0.0776. The van der Waals surface area contributed by atoms with Crippen molar-refractivity contribution in [3.8, 4) is 0 Å². The molecule has 0 atom stereocenters. The van der Waals surface area contributed by atoms with Gasteiger partial charge in [0.25, 0.3) is 0 Å². The van der Waals surface area contributed by atoms with E-state index >= 15 is 0 Å². The zero-order chi connectivity index (χ0) is 15.5. The van der Waals surface area contributed by atoms with Gasteiger partial charge in [-0.05, 0) is 64.1 Å². The fourth-order valence-corrected chi connectivity index (χ4v) is 2.77. The highest BCUT2D eigenvalue weighted by Crippen LogP contribution is 2.26. The molecule has 0 aliphatic heterocycles. The molecule has 0 unspecified atom stereocenters. The highest BCUT2D eigenvalue weighted by atomic mass is 32.2. The van der Waals surface area contributed by atoms with Crippen LogP contribution in [0.3, 0.4) is 0 Å². The molecule has 112 valence electrons. The summed E-state index contributed by atoms with van der Waals surface area (Å²) < 4.78 is 0. The first kappa shape index (κ1) is 15.9. The molecule has 4 nitrogen and oxygen atoms in total. The molecule has 2 rings (SSSR count). The quantitative estimate of drug-likeness (QED) is 0.876. The summed E-state index contributed by atoms with van der Waals surface area (Å²) >= 11 is 1.52. The third kappa shape index (κ3) is 5.10. The van der Waals surface area contributed by atoms with E-state index in [1.807, 2.05) is 32.2 Å². The molecule has 0 spiro atoms. The van der Waals surface area contributed by atoms with Gasteiger partial charge in [0.2, 0.25) is 0 Å². The minimum absolute atomic E-state index is 0.0776. The van der Waals surface area contributed by atoms with Crippen molar-refractivity contribution in [2.75, 3.05) is 0 Å². The summed E-state index contributed by atoms with van der Waals surface area (Å²) in [5.74, 6) is 0. The van der Waals surface area contributed by atoms with Gasteiger partial charge in [-0.3, -0.25) is 0 Å². The van der Waals surface area contributed by atoms with Gasteiger partial charge in [0.05, 0.1) is 0 Å². The molecule has 5 heteroatoms. The molecule has 0 radical (unpaired) electrons. The van der Waals surface area contributed by atoms with Crippen molar-refractivity contribution in [3.63, 3.8) is 0 Å². The molecule has 0 amide bonds. The Balaban J connectivity index is 2.20. The van der Waals surface area contributed by atoms with E-state index in [4.69, 9.17) is 0 Å². The zero-order valence-electron chi connectivity index (χ0n) is 13.3. The van der Waals surface area contributed by atoms with E-state index in [1.165, 1.54) is 17.3 Å². The van der Waals surface area contributed by atoms with Gasteiger partial charge in [-0.25, -0.2) is 15.0 Å². The van der Waals surface area contributed by atoms with Crippen LogP contribution in [0.25, 0.3) is 0 Å². The topological polar surface area (TPSA) is 50.7 Å². The largest absolute Gasteiger partial charge is 0.308 e. The van der Waals surface area contributed by atoms with E-state index in [0.717, 1.165) is 28.1 Å². The third-order valence-electron chi connectivity index (χ3n) is 2.81. The van der Waals surface area contributed by atoms with Crippen molar-refractivity contribution in [1.82, 2.24) is 20.3 Å². The van der Waals surface area contributed by atoms with E-state index in [0.29, 0.717) is 0 Å². The predicted molar refractivity (Wildman–Crippen MR) is 86.5 cm³/mol. The Hall–Kier alpha value is -1.46. The maximum Gasteiger partial charge on any atom is 0.194 e. The monoisotopic (exact) mass is 302 g/mol. The number of aryl methyl sites for hydroxylation is 2. The average Bonchev–Trinajstić information content (AvgIpc) is 2.35. The van der Waals surface area contributed by atoms with Gasteiger partial charge < -0.3 is 5.32 Å². The first-order valence-corrected chi connectivity index (χ1v) is 7.84. The molecule has 2 aromatic rings. The van der Waals surface area contributed by atoms with E-state index < -0.39 is 0 Å². The average molecular weight is 302 g/mol. The maximum absolute atomic E-state index is 4.48. The van der Waals surface area contributed by atoms with Crippen LogP contribution in [0.1, 0.15) is 37.7 Å². The third-order valence-corrected chi connectivity index (χ3v) is 3.73. The van der Waals surface area contributed by atoms with Crippen molar-refractivity contribution >= 4 is 11.8 Å². The van der Waals surface area contributed by atoms with E-state index in [1.54, 1.807) is 0 Å². The maximum atomic E-state index is 4.48. The summed E-state index contributed by atoms with van der Waals surface area (Å²) in [5, 5.41) is 5.20. The molecule has 0 bridgehead atoms. The molecule has 0 aliphatic carbocycles. The molecule has 0 aromatic carbocycles. The summed E-state index contributed by atoms with van der Waals surface area (Å²) in [4.78, 5) is 13.4. The van der Waals surface area contributed by atoms with Gasteiger partial charge in [0, 0.05) is 29.7 Å². The number of aromatic nitrogens is 3. The van der Waals surface area contributed by atoms with Crippen LogP contribution in [-0.2, 0) is 6.54 Å². The van der Waals surface area contributed by atoms with E-state index in [2.05, 4.69) is 47.1 Å². The summed E-state index contributed by atoms with van der Waals surface area (Å²) in [6.45, 7) is 11.2. The molecule has 0 saturated carbocycles. The number of hydrogen-bond acceptors (Lipinski definition) is 5. The van der Waals surface area contributed by atoms with Gasteiger partial charge in [0.15, 0.2) is 5.16 Å². The van der Waals surface area contributed by atoms with Crippen LogP contribution in [0.2, 0.25) is 0 Å². The van der Waals surface area contributed by atoms with E-state index in [-0.39, 0.29) is 5.54 Å². The fraction of sp³-hybridized carbons (Fsp3) is 0.438. The Morgan fingerprint density at radius 2 is 1.81 bits per heavy atom. The van der Waals surface area contributed by atoms with Gasteiger partial charge in [-0.15, -0.1) is 0 Å². The van der Waals surface area contributed by atoms with Crippen molar-refractivity contribution in [1.29, 1.82) is 0 Å². The molecular formula is C16H22N4S. The van der Waals surface area contributed by atoms with Crippen LogP contribution in [0.4, 0.5) is 0 Å². The highest BCUT2D eigenvalue weighted by molar-refractivity contribution is 7.99. The Labute approximate surface area is 130 Å². The number of pyridine rings is 1. The SMILES string of the molecule is Cc1cc(C)nc(Sc2ncccc2CNC(C)(C)C)n1. The lowest BCUT2D eigenvalue weighted by atomic mass is 10.1. The predicted octanol–water partition coefficient (Wildman–Crippen LogP) is 3.53. The standard InChI is InChI=1S/C16H22N4S/c1-11-9-12(2)20-15(19-11)21-14-13(7-6-8-17-14)10-18-16(3,4)5/h6-9,18H,10H2,1-5H3. The Bertz CT molecular complexity index is 600. The minimum Gasteiger partial charge on any atom is -0.308 e. The molecule has 0 saturated heterocycles. The second-order valence-corrected chi connectivity index (χ2v) is 7.06. The molecule has 21 heavy (non-hydrogen) atoms. The summed E-state index contributed by atoms with van der Waals surface area (Å²) in [6.07, 6.45) is 1.81. The van der Waals surface area contributed by atoms with Gasteiger partial charge in [-0.1, -0.05) is 6.07 Å². The van der Waals surface area contributed by atoms with Crippen LogP contribution in [0, 0.1) is 13.8 Å². The smallest absolute Gasteiger partial charge is 0.194 e. The van der Waals surface area contributed by atoms with Crippen molar-refractivity contribution in [3.05, 3.63) is 41.3 Å². The fourth-order valence-electron chi connectivity index (χ4n) is 1.84. The molecular weight excluding hydrogens is 280 g/mol. The number of hydrogen-bond donors (Lipinski definition) is 1. The molecule has 0 aliphatic rings. The lowest BCUT2D eigenvalue weighted by molar-refractivity contribution is 0.422. The van der Waals surface area contributed by atoms with Gasteiger partial charge in [0.1, 0.15) is 5.03 Å². The molecule has 2 heterocycles. The number of nitrogens with one attached hydrogen (secondary N) is 1. The summed E-state index contributed by atoms with van der Waals surface area (Å²) in [7, 11) is 0. The molecule has 1 N–H and O–H groups in total. The van der Waals surface area contributed by atoms with Crippen LogP contribution in [0.5, 0.6) is 0 Å². The normalized spacial score (nSPS) is 11.7. The Morgan fingerprint density at radius 3 is 2.43 bits per heavy atom. The first-order chi connectivity index (χ1) is 9.83. The van der Waals surface area contributed by atoms with Crippen LogP contribution in [-0.4, -0.2) is 20.5 Å². The summed E-state index contributed by atoms with van der Waals surface area (Å²) in [6, 6.07) is 6.04. The second-order valence-electron chi connectivity index (χ2n) is 6.11. The summed E-state index contributed by atoms with van der Waals surface area (Å²) in [5.41, 5.74) is 3.21. The highest BCUT2D eigenvalue weighted by Gasteiger charge is 2.12. The lowest BCUT2D eigenvalue weighted by Gasteiger charge is -2.21. The van der Waals surface area contributed by atoms with Crippen LogP contribution >= 0.6 is 11.8 Å². The van der Waals surface area contributed by atoms with Gasteiger partial charge >= 0.3 is 0 Å². The van der Waals surface area contributed by atoms with Gasteiger partial charge in [-0.2, -0.15) is 0 Å². The second kappa shape index (κ2) is 6.54. The van der Waals surface area contributed by atoms with Crippen LogP contribution in [0.15, 0.2) is 34.6 Å². The van der Waals surface area contributed by atoms with E-state index in [9.17, 15) is 0 Å². The van der Waals surface area contributed by atoms with Crippen molar-refractivity contribution < 1.29 is 0 Å². The molecule has 0 fully saturated rings. The number of nitrogens with zero attached hydrogens (tertiary/aromatic N) is 3. The first-order valence-electron chi connectivity index (χ1n) is 7.02.